The largest absolute Gasteiger partial charge is 0.491 e. The topological polar surface area (TPSA) is 101 Å². The molecule has 0 aromatic heterocycles. The highest BCUT2D eigenvalue weighted by molar-refractivity contribution is 5.96. The van der Waals surface area contributed by atoms with Crippen LogP contribution >= 0.6 is 0 Å². The Hall–Kier alpha value is -3.80. The molecule has 0 saturated heterocycles. The van der Waals surface area contributed by atoms with Crippen LogP contribution in [-0.4, -0.2) is 58.8 Å². The molecule has 0 atom stereocenters. The highest BCUT2D eigenvalue weighted by atomic mass is 19.4. The zero-order chi connectivity index (χ0) is 27.9. The van der Waals surface area contributed by atoms with E-state index in [1.165, 1.54) is 18.2 Å². The minimum Gasteiger partial charge on any atom is -0.491 e. The Morgan fingerprint density at radius 2 is 1.36 bits per heavy atom. The number of carbonyl (C=O) groups is 1. The van der Waals surface area contributed by atoms with Crippen molar-refractivity contribution in [1.82, 2.24) is 0 Å². The molecule has 0 fully saturated rings. The molecule has 0 heterocycles. The molecule has 3 N–H and O–H groups in total. The summed E-state index contributed by atoms with van der Waals surface area (Å²) in [6, 6.07) is 18.3. The molecule has 0 unspecified atom stereocenters. The van der Waals surface area contributed by atoms with Crippen LogP contribution in [0.25, 0.3) is 0 Å². The maximum absolute atomic E-state index is 13.0. The zero-order valence-corrected chi connectivity index (χ0v) is 21.2. The van der Waals surface area contributed by atoms with Crippen molar-refractivity contribution >= 4 is 23.0 Å². The first-order valence-corrected chi connectivity index (χ1v) is 12.2. The second-order valence-corrected chi connectivity index (χ2v) is 8.14. The molecule has 0 radical (unpaired) electrons. The molecule has 0 aliphatic carbocycles. The van der Waals surface area contributed by atoms with E-state index in [0.717, 1.165) is 17.9 Å². The predicted octanol–water partition coefficient (Wildman–Crippen LogP) is 5.32. The molecule has 3 aromatic rings. The summed E-state index contributed by atoms with van der Waals surface area (Å²) in [5, 5.41) is 2.85. The van der Waals surface area contributed by atoms with Crippen LogP contribution in [0.2, 0.25) is 0 Å². The van der Waals surface area contributed by atoms with Gasteiger partial charge in [0.15, 0.2) is 0 Å². The van der Waals surface area contributed by atoms with E-state index in [-0.39, 0.29) is 24.5 Å². The molecule has 0 bridgehead atoms. The monoisotopic (exact) mass is 548 g/mol. The first-order valence-electron chi connectivity index (χ1n) is 12.2. The number of nitrogens with two attached hydrogens (primary N) is 1. The number of nitrogen functional groups attached to an aromatic ring is 1. The highest BCUT2D eigenvalue weighted by Gasteiger charge is 2.30. The van der Waals surface area contributed by atoms with Gasteiger partial charge in [0.05, 0.1) is 56.5 Å². The van der Waals surface area contributed by atoms with Gasteiger partial charge in [-0.15, -0.1) is 0 Å². The summed E-state index contributed by atoms with van der Waals surface area (Å²) in [4.78, 5) is 12.5. The molecule has 210 valence electrons. The third-order valence-corrected chi connectivity index (χ3v) is 5.20. The standard InChI is InChI=1S/C28H31F3N2O6/c29-28(30,31)21-4-3-5-23(20-21)33-26-7-2-1-6-25(26)27(34)39-19-17-37-15-13-35-12-14-36-16-18-38-24-10-8-22(32)9-11-24/h1-11,20,33H,12-19,32H2. The van der Waals surface area contributed by atoms with Crippen LogP contribution < -0.4 is 15.8 Å². The van der Waals surface area contributed by atoms with Crippen molar-refractivity contribution in [3.8, 4) is 5.75 Å². The number of nitrogens with one attached hydrogen (secondary N) is 1. The van der Waals surface area contributed by atoms with E-state index in [9.17, 15) is 18.0 Å². The molecule has 3 aromatic carbocycles. The van der Waals surface area contributed by atoms with Crippen LogP contribution in [0, 0.1) is 0 Å². The number of rotatable bonds is 16. The van der Waals surface area contributed by atoms with Crippen molar-refractivity contribution in [2.75, 3.05) is 63.9 Å². The Kier molecular flexibility index (Phi) is 11.9. The first kappa shape index (κ1) is 29.8. The minimum absolute atomic E-state index is 0.00778. The number of para-hydroxylation sites is 1. The Morgan fingerprint density at radius 1 is 0.744 bits per heavy atom. The van der Waals surface area contributed by atoms with Gasteiger partial charge in [-0.3, -0.25) is 0 Å². The number of hydrogen-bond donors (Lipinski definition) is 2. The van der Waals surface area contributed by atoms with Crippen molar-refractivity contribution in [3.63, 3.8) is 0 Å². The lowest BCUT2D eigenvalue weighted by Crippen LogP contribution is -2.15. The molecule has 39 heavy (non-hydrogen) atoms. The third-order valence-electron chi connectivity index (χ3n) is 5.20. The number of carbonyl (C=O) groups excluding carboxylic acids is 1. The van der Waals surface area contributed by atoms with Gasteiger partial charge in [-0.25, -0.2) is 4.79 Å². The Balaban J connectivity index is 1.25. The number of anilines is 3. The van der Waals surface area contributed by atoms with Crippen LogP contribution in [0.3, 0.4) is 0 Å². The smallest absolute Gasteiger partial charge is 0.416 e. The normalized spacial score (nSPS) is 11.3. The van der Waals surface area contributed by atoms with Crippen molar-refractivity contribution in [1.29, 1.82) is 0 Å². The van der Waals surface area contributed by atoms with Crippen LogP contribution in [-0.2, 0) is 25.1 Å². The Labute approximate surface area is 224 Å². The molecule has 0 amide bonds. The lowest BCUT2D eigenvalue weighted by molar-refractivity contribution is -0.137. The molecule has 0 saturated carbocycles. The summed E-state index contributed by atoms with van der Waals surface area (Å²) >= 11 is 0. The number of halogens is 3. The van der Waals surface area contributed by atoms with Gasteiger partial charge >= 0.3 is 12.1 Å². The van der Waals surface area contributed by atoms with E-state index in [1.807, 2.05) is 0 Å². The summed E-state index contributed by atoms with van der Waals surface area (Å²) in [5.74, 6) is 0.102. The summed E-state index contributed by atoms with van der Waals surface area (Å²) in [6.07, 6.45) is -4.47. The number of esters is 1. The second-order valence-electron chi connectivity index (χ2n) is 8.14. The van der Waals surface area contributed by atoms with Crippen molar-refractivity contribution in [2.24, 2.45) is 0 Å². The van der Waals surface area contributed by atoms with Gasteiger partial charge < -0.3 is 34.7 Å². The molecular weight excluding hydrogens is 517 g/mol. The van der Waals surface area contributed by atoms with Gasteiger partial charge in [0.2, 0.25) is 0 Å². The van der Waals surface area contributed by atoms with E-state index in [1.54, 1.807) is 42.5 Å². The maximum atomic E-state index is 13.0. The predicted molar refractivity (Wildman–Crippen MR) is 140 cm³/mol. The van der Waals surface area contributed by atoms with Crippen molar-refractivity contribution < 1.29 is 41.7 Å². The molecular formula is C28H31F3N2O6. The van der Waals surface area contributed by atoms with E-state index in [2.05, 4.69) is 5.32 Å². The quantitative estimate of drug-likeness (QED) is 0.141. The summed E-state index contributed by atoms with van der Waals surface area (Å²) in [7, 11) is 0. The van der Waals surface area contributed by atoms with Gasteiger partial charge in [0.1, 0.15) is 19.0 Å². The van der Waals surface area contributed by atoms with Crippen molar-refractivity contribution in [2.45, 2.75) is 6.18 Å². The lowest BCUT2D eigenvalue weighted by Gasteiger charge is -2.13. The third kappa shape index (κ3) is 10.8. The van der Waals surface area contributed by atoms with Crippen LogP contribution in [0.4, 0.5) is 30.2 Å². The van der Waals surface area contributed by atoms with Gasteiger partial charge in [-0.05, 0) is 54.6 Å². The van der Waals surface area contributed by atoms with E-state index in [4.69, 9.17) is 29.4 Å². The van der Waals surface area contributed by atoms with Crippen LogP contribution in [0.15, 0.2) is 72.8 Å². The molecule has 8 nitrogen and oxygen atoms in total. The van der Waals surface area contributed by atoms with Gasteiger partial charge in [-0.1, -0.05) is 18.2 Å². The number of alkyl halides is 3. The van der Waals surface area contributed by atoms with Crippen LogP contribution in [0.5, 0.6) is 5.75 Å². The minimum atomic E-state index is -4.47. The summed E-state index contributed by atoms with van der Waals surface area (Å²) in [5.41, 5.74) is 6.22. The highest BCUT2D eigenvalue weighted by Crippen LogP contribution is 2.32. The molecule has 11 heteroatoms. The average Bonchev–Trinajstić information content (AvgIpc) is 2.92. The molecule has 0 aliphatic rings. The lowest BCUT2D eigenvalue weighted by atomic mass is 10.1. The Bertz CT molecular complexity index is 1160. The number of benzene rings is 3. The SMILES string of the molecule is Nc1ccc(OCCOCCOCCOCCOC(=O)c2ccccc2Nc2cccc(C(F)(F)F)c2)cc1. The van der Waals surface area contributed by atoms with Gasteiger partial charge in [0, 0.05) is 11.4 Å². The average molecular weight is 549 g/mol. The number of hydrogen-bond acceptors (Lipinski definition) is 8. The fraction of sp³-hybridized carbons (Fsp3) is 0.321. The summed E-state index contributed by atoms with van der Waals surface area (Å²) in [6.45, 7) is 2.48. The Morgan fingerprint density at radius 3 is 2.03 bits per heavy atom. The van der Waals surface area contributed by atoms with E-state index in [0.29, 0.717) is 51.0 Å². The number of ether oxygens (including phenoxy) is 5. The fourth-order valence-corrected chi connectivity index (χ4v) is 3.29. The molecule has 0 aliphatic heterocycles. The van der Waals surface area contributed by atoms with E-state index < -0.39 is 17.7 Å². The first-order chi connectivity index (χ1) is 18.8. The van der Waals surface area contributed by atoms with Crippen molar-refractivity contribution in [3.05, 3.63) is 83.9 Å². The van der Waals surface area contributed by atoms with Crippen LogP contribution in [0.1, 0.15) is 15.9 Å². The zero-order valence-electron chi connectivity index (χ0n) is 21.2. The van der Waals surface area contributed by atoms with Gasteiger partial charge in [-0.2, -0.15) is 13.2 Å². The second kappa shape index (κ2) is 15.6. The van der Waals surface area contributed by atoms with Gasteiger partial charge in [0.25, 0.3) is 0 Å². The molecule has 3 rings (SSSR count). The fourth-order valence-electron chi connectivity index (χ4n) is 3.29. The molecule has 0 spiro atoms. The summed E-state index contributed by atoms with van der Waals surface area (Å²) < 4.78 is 66.0. The van der Waals surface area contributed by atoms with E-state index >= 15 is 0 Å². The maximum Gasteiger partial charge on any atom is 0.416 e.